The van der Waals surface area contributed by atoms with Crippen molar-refractivity contribution in [2.45, 2.75) is 142 Å². The Bertz CT molecular complexity index is 1160. The van der Waals surface area contributed by atoms with Gasteiger partial charge in [-0.25, -0.2) is 4.79 Å². The van der Waals surface area contributed by atoms with E-state index < -0.39 is 90.4 Å². The fraction of sp³-hybridized carbons (Fsp3) is 0.829. The highest BCUT2D eigenvalue weighted by molar-refractivity contribution is 5.93. The number of carbonyl (C=O) groups excluding carboxylic acids is 6. The van der Waals surface area contributed by atoms with Gasteiger partial charge in [-0.3, -0.25) is 24.0 Å². The van der Waals surface area contributed by atoms with E-state index in [4.69, 9.17) is 15.6 Å². The lowest BCUT2D eigenvalue weighted by Gasteiger charge is -2.35. The number of aliphatic hydroxyl groups excluding tert-OH is 2. The molecule has 50 heavy (non-hydrogen) atoms. The van der Waals surface area contributed by atoms with Crippen LogP contribution < -0.4 is 32.3 Å². The zero-order chi connectivity index (χ0) is 37.7. The molecule has 2 fully saturated rings. The summed E-state index contributed by atoms with van der Waals surface area (Å²) in [5.41, 5.74) is 5.51. The third-order valence-corrected chi connectivity index (χ3v) is 10.1. The molecule has 0 aromatic carbocycles. The maximum absolute atomic E-state index is 13.8. The van der Waals surface area contributed by atoms with Gasteiger partial charge in [-0.1, -0.05) is 66.2 Å². The normalized spacial score (nSPS) is 22.3. The maximum atomic E-state index is 13.8. The van der Waals surface area contributed by atoms with E-state index in [2.05, 4.69) is 26.6 Å². The number of hydrogen-bond acceptors (Lipinski definition) is 10. The highest BCUT2D eigenvalue weighted by Gasteiger charge is 2.43. The summed E-state index contributed by atoms with van der Waals surface area (Å²) in [6, 6.07) is -5.73. The summed E-state index contributed by atoms with van der Waals surface area (Å²) in [6.07, 6.45) is 6.31. The largest absolute Gasteiger partial charge is 0.467 e. The van der Waals surface area contributed by atoms with Crippen LogP contribution in [-0.2, 0) is 33.5 Å². The molecule has 4 unspecified atom stereocenters. The van der Waals surface area contributed by atoms with E-state index in [0.717, 1.165) is 32.1 Å². The molecule has 0 aliphatic heterocycles. The first-order valence-electron chi connectivity index (χ1n) is 18.2. The summed E-state index contributed by atoms with van der Waals surface area (Å²) < 4.78 is 4.84. The third-order valence-electron chi connectivity index (χ3n) is 10.1. The Labute approximate surface area is 296 Å². The number of esters is 1. The minimum atomic E-state index is -1.19. The van der Waals surface area contributed by atoms with E-state index in [1.165, 1.54) is 21.0 Å². The summed E-state index contributed by atoms with van der Waals surface area (Å²) in [5.74, 6) is -4.69. The molecule has 0 heterocycles. The molecule has 15 nitrogen and oxygen atoms in total. The van der Waals surface area contributed by atoms with Gasteiger partial charge in [0, 0.05) is 5.92 Å². The van der Waals surface area contributed by atoms with Gasteiger partial charge in [0.15, 0.2) is 0 Å². The van der Waals surface area contributed by atoms with Gasteiger partial charge in [0.25, 0.3) is 0 Å². The molecule has 9 N–H and O–H groups in total. The molecule has 0 bridgehead atoms. The molecule has 9 atom stereocenters. The van der Waals surface area contributed by atoms with Crippen LogP contribution in [0.3, 0.4) is 0 Å². The molecule has 2 aliphatic carbocycles. The number of methoxy groups -OCH3 is 1. The lowest BCUT2D eigenvalue weighted by Crippen LogP contribution is -2.58. The molecule has 0 aromatic rings. The molecule has 0 aromatic heterocycles. The Hall–Kier alpha value is -3.30. The van der Waals surface area contributed by atoms with Crippen LogP contribution in [0.15, 0.2) is 0 Å². The summed E-state index contributed by atoms with van der Waals surface area (Å²) in [7, 11) is 1.25. The molecule has 2 aliphatic rings. The van der Waals surface area contributed by atoms with Crippen LogP contribution in [0.25, 0.3) is 0 Å². The fourth-order valence-corrected chi connectivity index (χ4v) is 6.93. The van der Waals surface area contributed by atoms with E-state index in [0.29, 0.717) is 25.7 Å². The van der Waals surface area contributed by atoms with Crippen molar-refractivity contribution in [3.05, 3.63) is 0 Å². The molecule has 286 valence electrons. The Morgan fingerprint density at radius 2 is 1.26 bits per heavy atom. The second kappa shape index (κ2) is 20.5. The average Bonchev–Trinajstić information content (AvgIpc) is 3.58. The second-order valence-corrected chi connectivity index (χ2v) is 14.8. The monoisotopic (exact) mass is 710 g/mol. The summed E-state index contributed by atoms with van der Waals surface area (Å²) >= 11 is 0. The highest BCUT2D eigenvalue weighted by atomic mass is 16.5. The number of hydrogen-bond donors (Lipinski definition) is 8. The molecule has 2 saturated carbocycles. The smallest absolute Gasteiger partial charge is 0.328 e. The number of nitrogens with one attached hydrogen (secondary N) is 5. The quantitative estimate of drug-likeness (QED) is 0.0887. The van der Waals surface area contributed by atoms with Gasteiger partial charge in [0.05, 0.1) is 25.9 Å². The minimum Gasteiger partial charge on any atom is -0.467 e. The predicted molar refractivity (Wildman–Crippen MR) is 186 cm³/mol. The molecular weight excluding hydrogens is 648 g/mol. The summed E-state index contributed by atoms with van der Waals surface area (Å²) in [6.45, 7) is 9.49. The molecule has 0 radical (unpaired) electrons. The topological polar surface area (TPSA) is 238 Å². The second-order valence-electron chi connectivity index (χ2n) is 14.8. The van der Waals surface area contributed by atoms with Crippen molar-refractivity contribution in [1.82, 2.24) is 26.6 Å². The lowest BCUT2D eigenvalue weighted by molar-refractivity contribution is -0.147. The van der Waals surface area contributed by atoms with E-state index in [1.807, 2.05) is 0 Å². The van der Waals surface area contributed by atoms with Crippen LogP contribution in [0.1, 0.15) is 99.3 Å². The Morgan fingerprint density at radius 3 is 1.80 bits per heavy atom. The first-order chi connectivity index (χ1) is 23.5. The zero-order valence-corrected chi connectivity index (χ0v) is 30.8. The number of aliphatic hydroxyl groups is 2. The van der Waals surface area contributed by atoms with E-state index >= 15 is 0 Å². The van der Waals surface area contributed by atoms with Crippen molar-refractivity contribution in [3.8, 4) is 0 Å². The van der Waals surface area contributed by atoms with Gasteiger partial charge >= 0.3 is 5.97 Å². The lowest BCUT2D eigenvalue weighted by atomic mass is 9.79. The molecule has 5 amide bonds. The minimum absolute atomic E-state index is 0.239. The van der Waals surface area contributed by atoms with Gasteiger partial charge < -0.3 is 47.3 Å². The van der Waals surface area contributed by atoms with Crippen LogP contribution in [-0.4, -0.2) is 102 Å². The van der Waals surface area contributed by atoms with Crippen LogP contribution >= 0.6 is 0 Å². The summed E-state index contributed by atoms with van der Waals surface area (Å²) in [5, 5.41) is 34.5. The fourth-order valence-electron chi connectivity index (χ4n) is 6.93. The van der Waals surface area contributed by atoms with Gasteiger partial charge in [-0.2, -0.15) is 0 Å². The van der Waals surface area contributed by atoms with Crippen molar-refractivity contribution in [2.24, 2.45) is 35.3 Å². The predicted octanol–water partition coefficient (Wildman–Crippen LogP) is 0.00240. The van der Waals surface area contributed by atoms with Gasteiger partial charge in [0.1, 0.15) is 30.2 Å². The molecule has 15 heteroatoms. The Morgan fingerprint density at radius 1 is 0.700 bits per heavy atom. The number of amides is 5. The van der Waals surface area contributed by atoms with E-state index in [1.54, 1.807) is 27.7 Å². The first-order valence-corrected chi connectivity index (χ1v) is 18.2. The first kappa shape index (κ1) is 42.9. The van der Waals surface area contributed by atoms with E-state index in [9.17, 15) is 33.9 Å². The molecular formula is C35H62N6O9. The van der Waals surface area contributed by atoms with Gasteiger partial charge in [-0.15, -0.1) is 0 Å². The van der Waals surface area contributed by atoms with Crippen LogP contribution in [0, 0.1) is 29.6 Å². The molecule has 0 spiro atoms. The standard InChI is InChI=1S/C35H62N6O9/c1-18(2)27(34(48)41-28(19(3)4)35(49)50-7)40-32(46)24-15-11-14-23(24)29(43)26(16-22-12-9-8-10-13-22)39-31(45)21(6)37-30(44)20(5)38-33(47)25(36)17-42/h18-29,42-43H,8-17,36H2,1-7H3,(H,37,44)(H,38,47)(H,39,45)(H,40,46)(H,41,48)/t20-,21-,23?,24?,25-,26?,27-,28-,29?/m0/s1. The van der Waals surface area contributed by atoms with Crippen LogP contribution in [0.2, 0.25) is 0 Å². The number of ether oxygens (including phenoxy) is 1. The maximum Gasteiger partial charge on any atom is 0.328 e. The number of nitrogens with two attached hydrogens (primary N) is 1. The van der Waals surface area contributed by atoms with Crippen molar-refractivity contribution in [2.75, 3.05) is 13.7 Å². The highest BCUT2D eigenvalue weighted by Crippen LogP contribution is 2.38. The third kappa shape index (κ3) is 12.5. The van der Waals surface area contributed by atoms with Crippen molar-refractivity contribution in [1.29, 1.82) is 0 Å². The van der Waals surface area contributed by atoms with Crippen LogP contribution in [0.4, 0.5) is 0 Å². The Kier molecular flexibility index (Phi) is 17.6. The number of carbonyl (C=O) groups is 6. The van der Waals surface area contributed by atoms with Crippen molar-refractivity contribution < 1.29 is 43.7 Å². The van der Waals surface area contributed by atoms with Crippen LogP contribution in [0.5, 0.6) is 0 Å². The number of rotatable bonds is 18. The van der Waals surface area contributed by atoms with E-state index in [-0.39, 0.29) is 23.7 Å². The Balaban J connectivity index is 2.19. The SMILES string of the molecule is COC(=O)[C@@H](NC(=O)[C@@H](NC(=O)C1CCCC1C(O)C(CC1CCCCC1)NC(=O)[C@H](C)NC(=O)[C@H](C)NC(=O)[C@@H](N)CO)C(C)C)C(C)C. The zero-order valence-electron chi connectivity index (χ0n) is 30.8. The van der Waals surface area contributed by atoms with Crippen molar-refractivity contribution >= 4 is 35.5 Å². The van der Waals surface area contributed by atoms with Gasteiger partial charge in [-0.05, 0) is 56.8 Å². The molecule has 0 saturated heterocycles. The van der Waals surface area contributed by atoms with Crippen molar-refractivity contribution in [3.63, 3.8) is 0 Å². The molecule has 2 rings (SSSR count). The average molecular weight is 711 g/mol. The van der Waals surface area contributed by atoms with Gasteiger partial charge in [0.2, 0.25) is 29.5 Å². The summed E-state index contributed by atoms with van der Waals surface area (Å²) in [4.78, 5) is 77.5.